The molecule has 1 heterocycles. The SMILES string of the molecule is Nc1ccccc1OCCNc1ccc(C(F)(F)F)cn1. The van der Waals surface area contributed by atoms with Crippen molar-refractivity contribution >= 4 is 11.5 Å². The van der Waals surface area contributed by atoms with Crippen LogP contribution in [-0.2, 0) is 6.18 Å². The van der Waals surface area contributed by atoms with Crippen LogP contribution in [0.15, 0.2) is 42.6 Å². The second-order valence-corrected chi connectivity index (χ2v) is 4.24. The molecule has 3 N–H and O–H groups in total. The lowest BCUT2D eigenvalue weighted by Crippen LogP contribution is -2.13. The van der Waals surface area contributed by atoms with E-state index < -0.39 is 11.7 Å². The molecule has 0 fully saturated rings. The lowest BCUT2D eigenvalue weighted by Gasteiger charge is -2.10. The molecule has 2 rings (SSSR count). The lowest BCUT2D eigenvalue weighted by atomic mass is 10.3. The summed E-state index contributed by atoms with van der Waals surface area (Å²) in [6.07, 6.45) is -3.59. The van der Waals surface area contributed by atoms with Gasteiger partial charge in [0.25, 0.3) is 0 Å². The molecule has 0 aliphatic heterocycles. The van der Waals surface area contributed by atoms with Gasteiger partial charge in [-0.25, -0.2) is 4.98 Å². The highest BCUT2D eigenvalue weighted by molar-refractivity contribution is 5.51. The van der Waals surface area contributed by atoms with E-state index in [1.807, 2.05) is 0 Å². The maximum atomic E-state index is 12.4. The zero-order valence-corrected chi connectivity index (χ0v) is 11.0. The van der Waals surface area contributed by atoms with E-state index in [-0.39, 0.29) is 0 Å². The summed E-state index contributed by atoms with van der Waals surface area (Å²) in [5.41, 5.74) is 5.46. The molecule has 0 atom stereocenters. The largest absolute Gasteiger partial charge is 0.490 e. The molecule has 7 heteroatoms. The van der Waals surface area contributed by atoms with E-state index in [1.54, 1.807) is 24.3 Å². The molecule has 0 aliphatic rings. The number of nitrogens with two attached hydrogens (primary N) is 1. The monoisotopic (exact) mass is 297 g/mol. The first-order valence-electron chi connectivity index (χ1n) is 6.21. The zero-order valence-electron chi connectivity index (χ0n) is 11.0. The summed E-state index contributed by atoms with van der Waals surface area (Å²) in [5.74, 6) is 0.923. The Labute approximate surface area is 119 Å². The number of pyridine rings is 1. The van der Waals surface area contributed by atoms with Crippen LogP contribution in [0, 0.1) is 0 Å². The fraction of sp³-hybridized carbons (Fsp3) is 0.214. The van der Waals surface area contributed by atoms with Gasteiger partial charge in [-0.15, -0.1) is 0 Å². The number of nitrogens with one attached hydrogen (secondary N) is 1. The van der Waals surface area contributed by atoms with Crippen LogP contribution in [0.5, 0.6) is 5.75 Å². The van der Waals surface area contributed by atoms with E-state index in [0.717, 1.165) is 12.3 Å². The standard InChI is InChI=1S/C14H14F3N3O/c15-14(16,17)10-5-6-13(20-9-10)19-7-8-21-12-4-2-1-3-11(12)18/h1-6,9H,7-8,18H2,(H,19,20). The maximum Gasteiger partial charge on any atom is 0.417 e. The molecule has 112 valence electrons. The summed E-state index contributed by atoms with van der Waals surface area (Å²) >= 11 is 0. The van der Waals surface area contributed by atoms with Gasteiger partial charge in [0, 0.05) is 6.20 Å². The number of hydrogen-bond acceptors (Lipinski definition) is 4. The van der Waals surface area contributed by atoms with Gasteiger partial charge < -0.3 is 15.8 Å². The molecule has 1 aromatic heterocycles. The minimum atomic E-state index is -4.38. The highest BCUT2D eigenvalue weighted by atomic mass is 19.4. The van der Waals surface area contributed by atoms with Crippen molar-refractivity contribution in [3.63, 3.8) is 0 Å². The number of alkyl halides is 3. The van der Waals surface area contributed by atoms with Gasteiger partial charge in [0.1, 0.15) is 18.2 Å². The molecule has 0 amide bonds. The third kappa shape index (κ3) is 4.27. The first kappa shape index (κ1) is 15.0. The van der Waals surface area contributed by atoms with E-state index in [2.05, 4.69) is 10.3 Å². The Kier molecular flexibility index (Phi) is 4.52. The predicted octanol–water partition coefficient (Wildman–Crippen LogP) is 3.17. The second-order valence-electron chi connectivity index (χ2n) is 4.24. The van der Waals surface area contributed by atoms with Gasteiger partial charge in [0.2, 0.25) is 0 Å². The molecular formula is C14H14F3N3O. The van der Waals surface area contributed by atoms with Crippen LogP contribution in [-0.4, -0.2) is 18.1 Å². The minimum Gasteiger partial charge on any atom is -0.490 e. The Morgan fingerprint density at radius 3 is 2.52 bits per heavy atom. The molecular weight excluding hydrogens is 283 g/mol. The summed E-state index contributed by atoms with van der Waals surface area (Å²) in [6.45, 7) is 0.712. The molecule has 4 nitrogen and oxygen atoms in total. The molecule has 0 saturated carbocycles. The average molecular weight is 297 g/mol. The van der Waals surface area contributed by atoms with Crippen molar-refractivity contribution in [2.24, 2.45) is 0 Å². The number of para-hydroxylation sites is 2. The molecule has 0 saturated heterocycles. The molecule has 0 bridgehead atoms. The van der Waals surface area contributed by atoms with Crippen LogP contribution in [0.3, 0.4) is 0 Å². The van der Waals surface area contributed by atoms with Crippen LogP contribution in [0.4, 0.5) is 24.7 Å². The van der Waals surface area contributed by atoms with Gasteiger partial charge >= 0.3 is 6.18 Å². The number of aromatic nitrogens is 1. The van der Waals surface area contributed by atoms with E-state index in [4.69, 9.17) is 10.5 Å². The number of nitrogen functional groups attached to an aromatic ring is 1. The summed E-state index contributed by atoms with van der Waals surface area (Å²) in [7, 11) is 0. The quantitative estimate of drug-likeness (QED) is 0.657. The summed E-state index contributed by atoms with van der Waals surface area (Å²) in [4.78, 5) is 3.70. The average Bonchev–Trinajstić information content (AvgIpc) is 2.45. The molecule has 21 heavy (non-hydrogen) atoms. The minimum absolute atomic E-state index is 0.316. The van der Waals surface area contributed by atoms with Gasteiger partial charge in [-0.3, -0.25) is 0 Å². The van der Waals surface area contributed by atoms with Crippen LogP contribution in [0.1, 0.15) is 5.56 Å². The van der Waals surface area contributed by atoms with Crippen molar-refractivity contribution in [3.8, 4) is 5.75 Å². The van der Waals surface area contributed by atoms with Crippen molar-refractivity contribution in [2.75, 3.05) is 24.2 Å². The highest BCUT2D eigenvalue weighted by Crippen LogP contribution is 2.28. The highest BCUT2D eigenvalue weighted by Gasteiger charge is 2.30. The Bertz CT molecular complexity index is 585. The summed E-state index contributed by atoms with van der Waals surface area (Å²) < 4.78 is 42.5. The zero-order chi connectivity index (χ0) is 15.3. The van der Waals surface area contributed by atoms with Crippen LogP contribution < -0.4 is 15.8 Å². The number of rotatable bonds is 5. The molecule has 0 aliphatic carbocycles. The Balaban J connectivity index is 1.80. The number of nitrogens with zero attached hydrogens (tertiary/aromatic N) is 1. The lowest BCUT2D eigenvalue weighted by molar-refractivity contribution is -0.137. The van der Waals surface area contributed by atoms with E-state index in [9.17, 15) is 13.2 Å². The van der Waals surface area contributed by atoms with Gasteiger partial charge in [-0.1, -0.05) is 12.1 Å². The van der Waals surface area contributed by atoms with Crippen LogP contribution in [0.25, 0.3) is 0 Å². The van der Waals surface area contributed by atoms with Crippen molar-refractivity contribution in [3.05, 3.63) is 48.2 Å². The topological polar surface area (TPSA) is 60.2 Å². The summed E-state index contributed by atoms with van der Waals surface area (Å²) in [6, 6.07) is 9.32. The predicted molar refractivity (Wildman–Crippen MR) is 74.1 cm³/mol. The van der Waals surface area contributed by atoms with Crippen molar-refractivity contribution in [1.82, 2.24) is 4.98 Å². The molecule has 0 unspecified atom stereocenters. The number of hydrogen-bond donors (Lipinski definition) is 2. The van der Waals surface area contributed by atoms with Crippen molar-refractivity contribution in [2.45, 2.75) is 6.18 Å². The Morgan fingerprint density at radius 2 is 1.90 bits per heavy atom. The van der Waals surface area contributed by atoms with Crippen molar-refractivity contribution in [1.29, 1.82) is 0 Å². The normalized spacial score (nSPS) is 11.2. The van der Waals surface area contributed by atoms with Gasteiger partial charge in [-0.2, -0.15) is 13.2 Å². The number of anilines is 2. The first-order valence-corrected chi connectivity index (χ1v) is 6.21. The maximum absolute atomic E-state index is 12.4. The Hall–Kier alpha value is -2.44. The second kappa shape index (κ2) is 6.34. The van der Waals surface area contributed by atoms with Crippen molar-refractivity contribution < 1.29 is 17.9 Å². The first-order chi connectivity index (χ1) is 9.97. The molecule has 2 aromatic rings. The van der Waals surface area contributed by atoms with Gasteiger partial charge in [-0.05, 0) is 24.3 Å². The third-order valence-electron chi connectivity index (χ3n) is 2.68. The third-order valence-corrected chi connectivity index (χ3v) is 2.68. The molecule has 0 radical (unpaired) electrons. The molecule has 0 spiro atoms. The van der Waals surface area contributed by atoms with E-state index in [0.29, 0.717) is 30.4 Å². The number of halogens is 3. The van der Waals surface area contributed by atoms with Gasteiger partial charge in [0.15, 0.2) is 0 Å². The molecule has 1 aromatic carbocycles. The van der Waals surface area contributed by atoms with E-state index in [1.165, 1.54) is 6.07 Å². The number of ether oxygens (including phenoxy) is 1. The van der Waals surface area contributed by atoms with E-state index >= 15 is 0 Å². The summed E-state index contributed by atoms with van der Waals surface area (Å²) in [5, 5.41) is 2.87. The Morgan fingerprint density at radius 1 is 1.14 bits per heavy atom. The number of benzene rings is 1. The van der Waals surface area contributed by atoms with Crippen LogP contribution >= 0.6 is 0 Å². The smallest absolute Gasteiger partial charge is 0.417 e. The fourth-order valence-corrected chi connectivity index (χ4v) is 1.62. The van der Waals surface area contributed by atoms with Crippen LogP contribution in [0.2, 0.25) is 0 Å². The van der Waals surface area contributed by atoms with Gasteiger partial charge in [0.05, 0.1) is 17.8 Å². The fourth-order valence-electron chi connectivity index (χ4n) is 1.62.